The Kier molecular flexibility index (Phi) is 5.09. The maximum Gasteiger partial charge on any atom is 0.315 e. The minimum absolute atomic E-state index is 0.173. The zero-order valence-corrected chi connectivity index (χ0v) is 12.0. The quantitative estimate of drug-likeness (QED) is 0.788. The molecule has 6 heteroatoms. The summed E-state index contributed by atoms with van der Waals surface area (Å²) in [4.78, 5) is 15.9. The summed E-state index contributed by atoms with van der Waals surface area (Å²) in [5.41, 5.74) is 1.73. The van der Waals surface area contributed by atoms with E-state index in [-0.39, 0.29) is 12.6 Å². The second-order valence-corrected chi connectivity index (χ2v) is 5.32. The van der Waals surface area contributed by atoms with Crippen molar-refractivity contribution in [2.45, 2.75) is 19.6 Å². The van der Waals surface area contributed by atoms with Crippen molar-refractivity contribution in [3.63, 3.8) is 0 Å². The first-order valence-corrected chi connectivity index (χ1v) is 7.19. The van der Waals surface area contributed by atoms with Crippen LogP contribution >= 0.6 is 11.3 Å². The van der Waals surface area contributed by atoms with Gasteiger partial charge in [-0.25, -0.2) is 9.78 Å². The first-order valence-electron chi connectivity index (χ1n) is 6.31. The van der Waals surface area contributed by atoms with E-state index in [0.29, 0.717) is 6.54 Å². The lowest BCUT2D eigenvalue weighted by atomic mass is 10.1. The van der Waals surface area contributed by atoms with Crippen LogP contribution < -0.4 is 10.6 Å². The third-order valence-corrected chi connectivity index (χ3v) is 3.67. The number of aryl methyl sites for hydroxylation is 1. The van der Waals surface area contributed by atoms with Crippen molar-refractivity contribution in [2.24, 2.45) is 0 Å². The number of amides is 2. The van der Waals surface area contributed by atoms with Crippen molar-refractivity contribution in [1.29, 1.82) is 0 Å². The molecule has 2 aromatic rings. The molecule has 0 saturated carbocycles. The zero-order valence-electron chi connectivity index (χ0n) is 11.2. The summed E-state index contributed by atoms with van der Waals surface area (Å²) >= 11 is 1.51. The van der Waals surface area contributed by atoms with E-state index in [4.69, 9.17) is 0 Å². The van der Waals surface area contributed by atoms with Crippen LogP contribution in [0.2, 0.25) is 0 Å². The molecule has 0 fully saturated rings. The standard InChI is InChI=1S/C14H17N3O2S/c1-10-9-20-13(17-10)8-16-14(19)15-7-12(18)11-5-3-2-4-6-11/h2-6,9,12,18H,7-8H2,1H3,(H2,15,16,19)/t12-/m0/s1. The van der Waals surface area contributed by atoms with E-state index >= 15 is 0 Å². The van der Waals surface area contributed by atoms with Crippen molar-refractivity contribution in [3.05, 3.63) is 52.0 Å². The number of carbonyl (C=O) groups is 1. The number of benzene rings is 1. The fourth-order valence-electron chi connectivity index (χ4n) is 1.68. The lowest BCUT2D eigenvalue weighted by Crippen LogP contribution is -2.37. The molecule has 0 bridgehead atoms. The van der Waals surface area contributed by atoms with E-state index in [1.165, 1.54) is 11.3 Å². The molecular formula is C14H17N3O2S. The number of urea groups is 1. The molecule has 0 saturated heterocycles. The SMILES string of the molecule is Cc1csc(CNC(=O)NC[C@H](O)c2ccccc2)n1. The first kappa shape index (κ1) is 14.5. The molecule has 3 N–H and O–H groups in total. The average Bonchev–Trinajstić information content (AvgIpc) is 2.89. The molecule has 0 aliphatic heterocycles. The molecule has 0 spiro atoms. The molecule has 20 heavy (non-hydrogen) atoms. The molecule has 1 atom stereocenters. The van der Waals surface area contributed by atoms with E-state index in [0.717, 1.165) is 16.3 Å². The van der Waals surface area contributed by atoms with Crippen molar-refractivity contribution in [3.8, 4) is 0 Å². The van der Waals surface area contributed by atoms with Gasteiger partial charge in [0.1, 0.15) is 5.01 Å². The number of hydrogen-bond acceptors (Lipinski definition) is 4. The molecule has 0 unspecified atom stereocenters. The van der Waals surface area contributed by atoms with Gasteiger partial charge in [-0.15, -0.1) is 11.3 Å². The van der Waals surface area contributed by atoms with E-state index < -0.39 is 6.10 Å². The third-order valence-electron chi connectivity index (χ3n) is 2.71. The molecule has 106 valence electrons. The second-order valence-electron chi connectivity index (χ2n) is 4.37. The Bertz CT molecular complexity index is 557. The molecule has 2 amide bonds. The Morgan fingerprint density at radius 2 is 2.10 bits per heavy atom. The predicted molar refractivity (Wildman–Crippen MR) is 78.5 cm³/mol. The Labute approximate surface area is 121 Å². The first-order chi connectivity index (χ1) is 9.65. The Morgan fingerprint density at radius 1 is 1.35 bits per heavy atom. The summed E-state index contributed by atoms with van der Waals surface area (Å²) in [6.07, 6.45) is -0.705. The fraction of sp³-hybridized carbons (Fsp3) is 0.286. The minimum atomic E-state index is -0.705. The van der Waals surface area contributed by atoms with Crippen LogP contribution in [0.15, 0.2) is 35.7 Å². The van der Waals surface area contributed by atoms with Crippen LogP contribution in [0.1, 0.15) is 22.4 Å². The van der Waals surface area contributed by atoms with Crippen molar-refractivity contribution in [1.82, 2.24) is 15.6 Å². The van der Waals surface area contributed by atoms with Crippen LogP contribution in [-0.4, -0.2) is 22.7 Å². The van der Waals surface area contributed by atoms with Gasteiger partial charge in [-0.2, -0.15) is 0 Å². The van der Waals surface area contributed by atoms with Gasteiger partial charge >= 0.3 is 6.03 Å². The van der Waals surface area contributed by atoms with Gasteiger partial charge in [0.2, 0.25) is 0 Å². The summed E-state index contributed by atoms with van der Waals surface area (Å²) in [5, 5.41) is 18.0. The second kappa shape index (κ2) is 7.02. The molecule has 1 aromatic heterocycles. The van der Waals surface area contributed by atoms with E-state index in [1.807, 2.05) is 42.6 Å². The highest BCUT2D eigenvalue weighted by Gasteiger charge is 2.09. The van der Waals surface area contributed by atoms with Crippen LogP contribution in [0.25, 0.3) is 0 Å². The van der Waals surface area contributed by atoms with Gasteiger partial charge in [0.25, 0.3) is 0 Å². The summed E-state index contributed by atoms with van der Waals surface area (Å²) in [6, 6.07) is 8.91. The molecule has 0 aliphatic rings. The number of aliphatic hydroxyl groups is 1. The van der Waals surface area contributed by atoms with Crippen LogP contribution in [-0.2, 0) is 6.54 Å². The number of hydrogen-bond donors (Lipinski definition) is 3. The molecule has 0 aliphatic carbocycles. The van der Waals surface area contributed by atoms with Gasteiger partial charge < -0.3 is 15.7 Å². The zero-order chi connectivity index (χ0) is 14.4. The number of aliphatic hydroxyl groups excluding tert-OH is 1. The normalized spacial score (nSPS) is 11.9. The highest BCUT2D eigenvalue weighted by molar-refractivity contribution is 7.09. The molecule has 1 aromatic carbocycles. The van der Waals surface area contributed by atoms with Crippen molar-refractivity contribution < 1.29 is 9.90 Å². The number of rotatable bonds is 5. The lowest BCUT2D eigenvalue weighted by Gasteiger charge is -2.12. The maximum absolute atomic E-state index is 11.6. The Hall–Kier alpha value is -1.92. The van der Waals surface area contributed by atoms with Crippen molar-refractivity contribution in [2.75, 3.05) is 6.54 Å². The molecule has 2 rings (SSSR count). The topological polar surface area (TPSA) is 74.2 Å². The van der Waals surface area contributed by atoms with Gasteiger partial charge in [-0.3, -0.25) is 0 Å². The van der Waals surface area contributed by atoms with Gasteiger partial charge in [0, 0.05) is 17.6 Å². The van der Waals surface area contributed by atoms with Gasteiger partial charge in [-0.1, -0.05) is 30.3 Å². The van der Waals surface area contributed by atoms with Crippen LogP contribution in [0.4, 0.5) is 4.79 Å². The smallest absolute Gasteiger partial charge is 0.315 e. The average molecular weight is 291 g/mol. The summed E-state index contributed by atoms with van der Waals surface area (Å²) in [6.45, 7) is 2.48. The third kappa shape index (κ3) is 4.32. The number of carbonyl (C=O) groups excluding carboxylic acids is 1. The number of aromatic nitrogens is 1. The minimum Gasteiger partial charge on any atom is -0.387 e. The highest BCUT2D eigenvalue weighted by atomic mass is 32.1. The summed E-state index contributed by atoms with van der Waals surface area (Å²) in [7, 11) is 0. The predicted octanol–water partition coefficient (Wildman–Crippen LogP) is 1.98. The van der Waals surface area contributed by atoms with Crippen molar-refractivity contribution >= 4 is 17.4 Å². The van der Waals surface area contributed by atoms with Crippen LogP contribution in [0.5, 0.6) is 0 Å². The maximum atomic E-state index is 11.6. The molecule has 5 nitrogen and oxygen atoms in total. The fourth-order valence-corrected chi connectivity index (χ4v) is 2.40. The number of thiazole rings is 1. The van der Waals surface area contributed by atoms with Gasteiger partial charge in [-0.05, 0) is 12.5 Å². The Balaban J connectivity index is 1.72. The molecular weight excluding hydrogens is 274 g/mol. The monoisotopic (exact) mass is 291 g/mol. The van der Waals surface area contributed by atoms with Gasteiger partial charge in [0.05, 0.1) is 12.6 Å². The summed E-state index contributed by atoms with van der Waals surface area (Å²) in [5.74, 6) is 0. The van der Waals surface area contributed by atoms with Gasteiger partial charge in [0.15, 0.2) is 0 Å². The van der Waals surface area contributed by atoms with Crippen LogP contribution in [0, 0.1) is 6.92 Å². The van der Waals surface area contributed by atoms with E-state index in [2.05, 4.69) is 15.6 Å². The largest absolute Gasteiger partial charge is 0.387 e. The molecule has 0 radical (unpaired) electrons. The number of nitrogens with one attached hydrogen (secondary N) is 2. The lowest BCUT2D eigenvalue weighted by molar-refractivity contribution is 0.173. The van der Waals surface area contributed by atoms with E-state index in [9.17, 15) is 9.90 Å². The highest BCUT2D eigenvalue weighted by Crippen LogP contribution is 2.10. The molecule has 1 heterocycles. The summed E-state index contributed by atoms with van der Waals surface area (Å²) < 4.78 is 0. The van der Waals surface area contributed by atoms with E-state index in [1.54, 1.807) is 0 Å². The van der Waals surface area contributed by atoms with Crippen LogP contribution in [0.3, 0.4) is 0 Å². The Morgan fingerprint density at radius 3 is 2.75 bits per heavy atom. The number of nitrogens with zero attached hydrogens (tertiary/aromatic N) is 1.